The lowest BCUT2D eigenvalue weighted by molar-refractivity contribution is -0.128. The average Bonchev–Trinajstić information content (AvgIpc) is 2.95. The molecule has 3 rings (SSSR count). The minimum Gasteiger partial charge on any atom is -0.361 e. The van der Waals surface area contributed by atoms with Gasteiger partial charge in [-0.1, -0.05) is 12.1 Å². The van der Waals surface area contributed by atoms with Crippen LogP contribution in [-0.2, 0) is 21.4 Å². The molecule has 6 nitrogen and oxygen atoms in total. The molecular weight excluding hydrogens is 290 g/mol. The Labute approximate surface area is 123 Å². The molecule has 1 atom stereocenters. The Balaban J connectivity index is 1.76. The smallest absolute Gasteiger partial charge is 0.223 e. The van der Waals surface area contributed by atoms with Gasteiger partial charge in [0.15, 0.2) is 0 Å². The standard InChI is InChI=1S/C14H17N3O3S/c15-21(19,20)9-10-6-14(18)17(7-10)8-11-2-1-3-13-12(11)4-5-16-13/h1-5,10,16H,6-9H2,(H2,15,19,20). The molecule has 0 aliphatic carbocycles. The predicted molar refractivity (Wildman–Crippen MR) is 79.8 cm³/mol. The Morgan fingerprint density at radius 2 is 2.14 bits per heavy atom. The zero-order valence-corrected chi connectivity index (χ0v) is 12.3. The van der Waals surface area contributed by atoms with Crippen LogP contribution in [0.2, 0.25) is 0 Å². The third-order valence-corrected chi connectivity index (χ3v) is 4.75. The number of hydrogen-bond donors (Lipinski definition) is 2. The van der Waals surface area contributed by atoms with Crippen molar-refractivity contribution in [2.45, 2.75) is 13.0 Å². The van der Waals surface area contributed by atoms with E-state index in [1.807, 2.05) is 30.5 Å². The van der Waals surface area contributed by atoms with Gasteiger partial charge in [-0.3, -0.25) is 4.79 Å². The van der Waals surface area contributed by atoms with Gasteiger partial charge in [0.2, 0.25) is 15.9 Å². The number of rotatable bonds is 4. The molecule has 0 saturated carbocycles. The van der Waals surface area contributed by atoms with E-state index in [2.05, 4.69) is 4.98 Å². The number of aromatic amines is 1. The maximum atomic E-state index is 12.0. The number of hydrogen-bond acceptors (Lipinski definition) is 3. The van der Waals surface area contributed by atoms with E-state index >= 15 is 0 Å². The first kappa shape index (κ1) is 14.1. The normalized spacial score (nSPS) is 19.6. The number of primary sulfonamides is 1. The second-order valence-electron chi connectivity index (χ2n) is 5.53. The van der Waals surface area contributed by atoms with Gasteiger partial charge in [-0.25, -0.2) is 13.6 Å². The van der Waals surface area contributed by atoms with Gasteiger partial charge in [-0.2, -0.15) is 0 Å². The first-order valence-corrected chi connectivity index (χ1v) is 8.47. The van der Waals surface area contributed by atoms with Crippen LogP contribution in [-0.4, -0.2) is 36.5 Å². The van der Waals surface area contributed by atoms with Gasteiger partial charge >= 0.3 is 0 Å². The van der Waals surface area contributed by atoms with Crippen molar-refractivity contribution in [1.29, 1.82) is 0 Å². The molecule has 0 bridgehead atoms. The van der Waals surface area contributed by atoms with Crippen LogP contribution in [0.25, 0.3) is 10.9 Å². The fraction of sp³-hybridized carbons (Fsp3) is 0.357. The van der Waals surface area contributed by atoms with E-state index in [9.17, 15) is 13.2 Å². The largest absolute Gasteiger partial charge is 0.361 e. The summed E-state index contributed by atoms with van der Waals surface area (Å²) in [5, 5.41) is 6.14. The highest BCUT2D eigenvalue weighted by Crippen LogP contribution is 2.24. The third-order valence-electron chi connectivity index (χ3n) is 3.81. The molecule has 1 aliphatic rings. The Kier molecular flexibility index (Phi) is 3.46. The number of carbonyl (C=O) groups is 1. The lowest BCUT2D eigenvalue weighted by Gasteiger charge is -2.17. The van der Waals surface area contributed by atoms with Crippen molar-refractivity contribution >= 4 is 26.8 Å². The van der Waals surface area contributed by atoms with E-state index in [-0.39, 0.29) is 24.0 Å². The van der Waals surface area contributed by atoms with Crippen LogP contribution in [0.15, 0.2) is 30.5 Å². The second kappa shape index (κ2) is 5.16. The summed E-state index contributed by atoms with van der Waals surface area (Å²) in [5.41, 5.74) is 2.08. The molecule has 7 heteroatoms. The molecule has 1 aromatic heterocycles. The van der Waals surface area contributed by atoms with Gasteiger partial charge in [0.05, 0.1) is 5.75 Å². The molecule has 2 aromatic rings. The summed E-state index contributed by atoms with van der Waals surface area (Å²) >= 11 is 0. The number of nitrogens with zero attached hydrogens (tertiary/aromatic N) is 1. The number of fused-ring (bicyclic) bond motifs is 1. The van der Waals surface area contributed by atoms with Crippen molar-refractivity contribution in [3.8, 4) is 0 Å². The highest BCUT2D eigenvalue weighted by molar-refractivity contribution is 7.89. The highest BCUT2D eigenvalue weighted by atomic mass is 32.2. The van der Waals surface area contributed by atoms with Crippen molar-refractivity contribution in [3.63, 3.8) is 0 Å². The molecule has 1 aliphatic heterocycles. The number of likely N-dealkylation sites (tertiary alicyclic amines) is 1. The molecule has 1 amide bonds. The minimum absolute atomic E-state index is 0.0174. The van der Waals surface area contributed by atoms with E-state index in [4.69, 9.17) is 5.14 Å². The van der Waals surface area contributed by atoms with E-state index in [0.29, 0.717) is 13.1 Å². The Morgan fingerprint density at radius 1 is 1.33 bits per heavy atom. The number of sulfonamides is 1. The van der Waals surface area contributed by atoms with Gasteiger partial charge in [0, 0.05) is 42.5 Å². The predicted octanol–water partition coefficient (Wildman–Crippen LogP) is 0.805. The first-order chi connectivity index (χ1) is 9.92. The van der Waals surface area contributed by atoms with E-state index < -0.39 is 10.0 Å². The summed E-state index contributed by atoms with van der Waals surface area (Å²) in [5.74, 6) is -0.363. The molecule has 112 valence electrons. The summed E-state index contributed by atoms with van der Waals surface area (Å²) in [6, 6.07) is 7.88. The highest BCUT2D eigenvalue weighted by Gasteiger charge is 2.32. The summed E-state index contributed by atoms with van der Waals surface area (Å²) in [4.78, 5) is 16.9. The maximum Gasteiger partial charge on any atom is 0.223 e. The fourth-order valence-electron chi connectivity index (χ4n) is 2.94. The van der Waals surface area contributed by atoms with Crippen LogP contribution < -0.4 is 5.14 Å². The molecule has 21 heavy (non-hydrogen) atoms. The Hall–Kier alpha value is -1.86. The van der Waals surface area contributed by atoms with Crippen molar-refractivity contribution < 1.29 is 13.2 Å². The van der Waals surface area contributed by atoms with Crippen LogP contribution in [0.5, 0.6) is 0 Å². The van der Waals surface area contributed by atoms with Crippen molar-refractivity contribution in [2.75, 3.05) is 12.3 Å². The number of benzene rings is 1. The number of nitrogens with two attached hydrogens (primary N) is 1. The van der Waals surface area contributed by atoms with Crippen LogP contribution in [0, 0.1) is 5.92 Å². The van der Waals surface area contributed by atoms with Crippen LogP contribution >= 0.6 is 0 Å². The number of aromatic nitrogens is 1. The summed E-state index contributed by atoms with van der Waals surface area (Å²) < 4.78 is 22.3. The summed E-state index contributed by atoms with van der Waals surface area (Å²) in [7, 11) is -3.54. The summed E-state index contributed by atoms with van der Waals surface area (Å²) in [6.07, 6.45) is 2.11. The fourth-order valence-corrected chi connectivity index (χ4v) is 3.82. The maximum absolute atomic E-state index is 12.0. The second-order valence-corrected chi connectivity index (χ2v) is 7.19. The van der Waals surface area contributed by atoms with Gasteiger partial charge in [0.25, 0.3) is 0 Å². The molecule has 0 radical (unpaired) electrons. The van der Waals surface area contributed by atoms with Crippen LogP contribution in [0.1, 0.15) is 12.0 Å². The zero-order valence-electron chi connectivity index (χ0n) is 11.5. The summed E-state index contributed by atoms with van der Waals surface area (Å²) in [6.45, 7) is 0.936. The molecule has 1 fully saturated rings. The number of amides is 1. The first-order valence-electron chi connectivity index (χ1n) is 6.75. The molecule has 1 saturated heterocycles. The van der Waals surface area contributed by atoms with Gasteiger partial charge in [0.1, 0.15) is 0 Å². The third kappa shape index (κ3) is 3.08. The average molecular weight is 307 g/mol. The number of H-pyrrole nitrogens is 1. The quantitative estimate of drug-likeness (QED) is 0.874. The van der Waals surface area contributed by atoms with Gasteiger partial charge in [-0.05, 0) is 17.7 Å². The van der Waals surface area contributed by atoms with Crippen molar-refractivity contribution in [2.24, 2.45) is 11.1 Å². The zero-order chi connectivity index (χ0) is 15.0. The number of carbonyl (C=O) groups excluding carboxylic acids is 1. The van der Waals surface area contributed by atoms with Gasteiger partial charge in [-0.15, -0.1) is 0 Å². The van der Waals surface area contributed by atoms with Gasteiger partial charge < -0.3 is 9.88 Å². The number of nitrogens with one attached hydrogen (secondary N) is 1. The topological polar surface area (TPSA) is 96.3 Å². The molecule has 2 heterocycles. The van der Waals surface area contributed by atoms with Crippen molar-refractivity contribution in [3.05, 3.63) is 36.0 Å². The molecular formula is C14H17N3O3S. The molecule has 3 N–H and O–H groups in total. The van der Waals surface area contributed by atoms with E-state index in [1.165, 1.54) is 0 Å². The van der Waals surface area contributed by atoms with E-state index in [0.717, 1.165) is 16.5 Å². The monoisotopic (exact) mass is 307 g/mol. The van der Waals surface area contributed by atoms with Crippen LogP contribution in [0.4, 0.5) is 0 Å². The molecule has 1 aromatic carbocycles. The molecule has 1 unspecified atom stereocenters. The Morgan fingerprint density at radius 3 is 2.90 bits per heavy atom. The van der Waals surface area contributed by atoms with Crippen molar-refractivity contribution in [1.82, 2.24) is 9.88 Å². The Bertz CT molecular complexity index is 782. The lowest BCUT2D eigenvalue weighted by Crippen LogP contribution is -2.27. The SMILES string of the molecule is NS(=O)(=O)CC1CC(=O)N(Cc2cccc3[nH]ccc23)C1. The lowest BCUT2D eigenvalue weighted by atomic mass is 10.1. The van der Waals surface area contributed by atoms with E-state index in [1.54, 1.807) is 4.90 Å². The minimum atomic E-state index is -3.54. The molecule has 0 spiro atoms. The van der Waals surface area contributed by atoms with Crippen LogP contribution in [0.3, 0.4) is 0 Å².